The lowest BCUT2D eigenvalue weighted by Gasteiger charge is -2.35. The predicted octanol–water partition coefficient (Wildman–Crippen LogP) is 0.790. The summed E-state index contributed by atoms with van der Waals surface area (Å²) >= 11 is 0. The molecule has 1 saturated heterocycles. The number of rotatable bonds is 6. The van der Waals surface area contributed by atoms with E-state index in [0.717, 1.165) is 0 Å². The van der Waals surface area contributed by atoms with Crippen LogP contribution < -0.4 is 16.0 Å². The van der Waals surface area contributed by atoms with E-state index in [0.29, 0.717) is 18.7 Å². The third kappa shape index (κ3) is 6.81. The van der Waals surface area contributed by atoms with Crippen molar-refractivity contribution in [3.63, 3.8) is 0 Å². The highest BCUT2D eigenvalue weighted by atomic mass is 35.5. The highest BCUT2D eigenvalue weighted by Gasteiger charge is 2.43. The Balaban J connectivity index is 0.00000338. The molecule has 6 nitrogen and oxygen atoms in total. The van der Waals surface area contributed by atoms with Gasteiger partial charge in [0.25, 0.3) is 5.91 Å². The van der Waals surface area contributed by atoms with Gasteiger partial charge in [-0.3, -0.25) is 14.5 Å². The summed E-state index contributed by atoms with van der Waals surface area (Å²) in [4.78, 5) is 24.9. The predicted molar refractivity (Wildman–Crippen MR) is 93.3 cm³/mol. The van der Waals surface area contributed by atoms with Crippen LogP contribution in [0.5, 0.6) is 0 Å². The van der Waals surface area contributed by atoms with E-state index in [1.807, 2.05) is 0 Å². The number of piperazine rings is 1. The molecule has 1 aromatic carbocycles. The van der Waals surface area contributed by atoms with Crippen LogP contribution in [0.1, 0.15) is 10.4 Å². The first-order valence-electron chi connectivity index (χ1n) is 7.99. The second-order valence-electron chi connectivity index (χ2n) is 5.70. The first kappa shape index (κ1) is 22.2. The molecule has 1 aliphatic rings. The number of alkyl halides is 3. The zero-order valence-corrected chi connectivity index (χ0v) is 14.8. The van der Waals surface area contributed by atoms with Crippen LogP contribution in [0.2, 0.25) is 0 Å². The molecule has 0 spiro atoms. The topological polar surface area (TPSA) is 73.5 Å². The lowest BCUT2D eigenvalue weighted by molar-refractivity contribution is -0.184. The van der Waals surface area contributed by atoms with Crippen molar-refractivity contribution in [1.29, 1.82) is 0 Å². The largest absolute Gasteiger partial charge is 0.405 e. The average Bonchev–Trinajstić information content (AvgIpc) is 2.60. The van der Waals surface area contributed by atoms with Crippen LogP contribution in [-0.2, 0) is 4.79 Å². The molecule has 0 bridgehead atoms. The molecule has 146 valence electrons. The fraction of sp³-hybridized carbons (Fsp3) is 0.500. The summed E-state index contributed by atoms with van der Waals surface area (Å²) in [6.45, 7) is 0.584. The lowest BCUT2D eigenvalue weighted by Crippen LogP contribution is -2.58. The van der Waals surface area contributed by atoms with E-state index >= 15 is 0 Å². The van der Waals surface area contributed by atoms with Gasteiger partial charge in [0.2, 0.25) is 5.91 Å². The van der Waals surface area contributed by atoms with Crippen LogP contribution >= 0.6 is 12.4 Å². The highest BCUT2D eigenvalue weighted by molar-refractivity contribution is 5.96. The number of amides is 2. The summed E-state index contributed by atoms with van der Waals surface area (Å²) in [5, 5.41) is 7.63. The lowest BCUT2D eigenvalue weighted by atomic mass is 10.2. The van der Waals surface area contributed by atoms with E-state index in [4.69, 9.17) is 0 Å². The summed E-state index contributed by atoms with van der Waals surface area (Å²) in [7, 11) is 0. The molecule has 1 heterocycles. The number of nitrogens with one attached hydrogen (secondary N) is 3. The van der Waals surface area contributed by atoms with Crippen LogP contribution in [0.4, 0.5) is 13.2 Å². The monoisotopic (exact) mass is 394 g/mol. The number of benzene rings is 1. The van der Waals surface area contributed by atoms with Gasteiger partial charge in [0.05, 0.1) is 6.54 Å². The first-order chi connectivity index (χ1) is 11.9. The molecule has 1 aromatic rings. The van der Waals surface area contributed by atoms with E-state index in [-0.39, 0.29) is 32.0 Å². The van der Waals surface area contributed by atoms with Crippen molar-refractivity contribution in [3.05, 3.63) is 35.9 Å². The maximum absolute atomic E-state index is 13.2. The number of carbonyl (C=O) groups excluding carboxylic acids is 2. The van der Waals surface area contributed by atoms with Crippen LogP contribution in [-0.4, -0.2) is 68.2 Å². The second-order valence-corrected chi connectivity index (χ2v) is 5.70. The Bertz CT molecular complexity index is 581. The van der Waals surface area contributed by atoms with Gasteiger partial charge < -0.3 is 16.0 Å². The summed E-state index contributed by atoms with van der Waals surface area (Å²) in [6.07, 6.45) is -4.43. The van der Waals surface area contributed by atoms with Gasteiger partial charge in [-0.25, -0.2) is 0 Å². The van der Waals surface area contributed by atoms with Crippen molar-refractivity contribution in [2.75, 3.05) is 39.3 Å². The average molecular weight is 395 g/mol. The molecule has 3 N–H and O–H groups in total. The van der Waals surface area contributed by atoms with Crippen LogP contribution in [0.25, 0.3) is 0 Å². The number of carbonyl (C=O) groups is 2. The number of hydrogen-bond acceptors (Lipinski definition) is 4. The Morgan fingerprint density at radius 2 is 1.73 bits per heavy atom. The van der Waals surface area contributed by atoms with E-state index in [1.165, 1.54) is 4.90 Å². The van der Waals surface area contributed by atoms with Crippen LogP contribution in [0.3, 0.4) is 0 Å². The van der Waals surface area contributed by atoms with E-state index in [2.05, 4.69) is 16.0 Å². The zero-order valence-electron chi connectivity index (χ0n) is 14.0. The van der Waals surface area contributed by atoms with Gasteiger partial charge in [-0.05, 0) is 12.1 Å². The molecular weight excluding hydrogens is 373 g/mol. The van der Waals surface area contributed by atoms with Gasteiger partial charge in [0.1, 0.15) is 6.04 Å². The van der Waals surface area contributed by atoms with E-state index in [9.17, 15) is 22.8 Å². The Labute approximate surface area is 155 Å². The van der Waals surface area contributed by atoms with E-state index in [1.54, 1.807) is 30.3 Å². The maximum atomic E-state index is 13.2. The molecule has 0 aliphatic carbocycles. The van der Waals surface area contributed by atoms with Crippen LogP contribution in [0.15, 0.2) is 30.3 Å². The zero-order chi connectivity index (χ0) is 18.3. The number of halogens is 4. The van der Waals surface area contributed by atoms with Gasteiger partial charge in [0, 0.05) is 38.3 Å². The molecular formula is C16H22ClF3N4O2. The summed E-state index contributed by atoms with van der Waals surface area (Å²) in [6, 6.07) is 6.53. The fourth-order valence-corrected chi connectivity index (χ4v) is 2.57. The SMILES string of the molecule is Cl.O=C(CNC(=O)c1ccccc1)NCC(N1CCNCC1)C(F)(F)F. The van der Waals surface area contributed by atoms with Crippen molar-refractivity contribution < 1.29 is 22.8 Å². The van der Waals surface area contributed by atoms with Crippen molar-refractivity contribution in [2.24, 2.45) is 0 Å². The Morgan fingerprint density at radius 1 is 1.12 bits per heavy atom. The Kier molecular flexibility index (Phi) is 8.83. The minimum Gasteiger partial charge on any atom is -0.353 e. The number of nitrogens with zero attached hydrogens (tertiary/aromatic N) is 1. The third-order valence-electron chi connectivity index (χ3n) is 3.91. The smallest absolute Gasteiger partial charge is 0.353 e. The highest BCUT2D eigenvalue weighted by Crippen LogP contribution is 2.24. The molecule has 10 heteroatoms. The quantitative estimate of drug-likeness (QED) is 0.667. The summed E-state index contributed by atoms with van der Waals surface area (Å²) in [5.74, 6) is -1.11. The molecule has 1 fully saturated rings. The minimum absolute atomic E-state index is 0. The van der Waals surface area contributed by atoms with Gasteiger partial charge in [-0.15, -0.1) is 12.4 Å². The minimum atomic E-state index is -4.43. The molecule has 0 aromatic heterocycles. The normalized spacial score (nSPS) is 16.3. The van der Waals surface area contributed by atoms with E-state index < -0.39 is 30.6 Å². The van der Waals surface area contributed by atoms with Crippen molar-refractivity contribution in [2.45, 2.75) is 12.2 Å². The Hall–Kier alpha value is -1.84. The number of hydrogen-bond donors (Lipinski definition) is 3. The van der Waals surface area contributed by atoms with Crippen molar-refractivity contribution in [3.8, 4) is 0 Å². The molecule has 2 rings (SSSR count). The van der Waals surface area contributed by atoms with Gasteiger partial charge in [-0.2, -0.15) is 13.2 Å². The Morgan fingerprint density at radius 3 is 2.31 bits per heavy atom. The maximum Gasteiger partial charge on any atom is 0.405 e. The van der Waals surface area contributed by atoms with Gasteiger partial charge in [0.15, 0.2) is 0 Å². The molecule has 1 atom stereocenters. The summed E-state index contributed by atoms with van der Waals surface area (Å²) in [5.41, 5.74) is 0.379. The third-order valence-corrected chi connectivity index (χ3v) is 3.91. The second kappa shape index (κ2) is 10.3. The first-order valence-corrected chi connectivity index (χ1v) is 7.99. The molecule has 26 heavy (non-hydrogen) atoms. The van der Waals surface area contributed by atoms with Crippen LogP contribution in [0, 0.1) is 0 Å². The van der Waals surface area contributed by atoms with Crippen molar-refractivity contribution in [1.82, 2.24) is 20.9 Å². The summed E-state index contributed by atoms with van der Waals surface area (Å²) < 4.78 is 39.6. The van der Waals surface area contributed by atoms with Crippen molar-refractivity contribution >= 4 is 24.2 Å². The molecule has 2 amide bonds. The molecule has 0 saturated carbocycles. The molecule has 1 aliphatic heterocycles. The molecule has 1 unspecified atom stereocenters. The molecule has 0 radical (unpaired) electrons. The van der Waals surface area contributed by atoms with Gasteiger partial charge in [-0.1, -0.05) is 18.2 Å². The standard InChI is InChI=1S/C16H21F3N4O2.ClH/c17-16(18,19)13(23-8-6-20-7-9-23)10-21-14(24)11-22-15(25)12-4-2-1-3-5-12;/h1-5,13,20H,6-11H2,(H,21,24)(H,22,25);1H. The fourth-order valence-electron chi connectivity index (χ4n) is 2.57. The van der Waals surface area contributed by atoms with Gasteiger partial charge >= 0.3 is 6.18 Å².